The number of halogens is 3. The summed E-state index contributed by atoms with van der Waals surface area (Å²) in [5.74, 6) is -0.269. The zero-order chi connectivity index (χ0) is 14.5. The zero-order valence-corrected chi connectivity index (χ0v) is 10.4. The third-order valence-electron chi connectivity index (χ3n) is 2.53. The minimum absolute atomic E-state index is 0.0814. The fourth-order valence-electron chi connectivity index (χ4n) is 1.46. The van der Waals surface area contributed by atoms with Gasteiger partial charge in [-0.15, -0.1) is 0 Å². The van der Waals surface area contributed by atoms with E-state index in [0.717, 1.165) is 0 Å². The van der Waals surface area contributed by atoms with Gasteiger partial charge in [-0.2, -0.15) is 18.4 Å². The molecule has 0 aliphatic heterocycles. The largest absolute Gasteiger partial charge is 0.390 e. The number of ketones is 1. The molecule has 19 heavy (non-hydrogen) atoms. The van der Waals surface area contributed by atoms with Crippen LogP contribution < -0.4 is 0 Å². The van der Waals surface area contributed by atoms with Gasteiger partial charge in [0.05, 0.1) is 24.6 Å². The normalized spacial score (nSPS) is 11.4. The van der Waals surface area contributed by atoms with Crippen molar-refractivity contribution in [3.63, 3.8) is 0 Å². The number of hydrogen-bond donors (Lipinski definition) is 0. The van der Waals surface area contributed by atoms with Crippen LogP contribution in [0.1, 0.15) is 22.3 Å². The number of nitrogens with zero attached hydrogens (tertiary/aromatic N) is 2. The Labute approximate surface area is 109 Å². The van der Waals surface area contributed by atoms with Gasteiger partial charge in [0.1, 0.15) is 0 Å². The van der Waals surface area contributed by atoms with Gasteiger partial charge in [0, 0.05) is 12.1 Å². The summed E-state index contributed by atoms with van der Waals surface area (Å²) in [7, 11) is 1.47. The first-order chi connectivity index (χ1) is 8.81. The summed E-state index contributed by atoms with van der Waals surface area (Å²) in [4.78, 5) is 13.1. The maximum absolute atomic E-state index is 12.0. The van der Waals surface area contributed by atoms with Crippen LogP contribution in [0.15, 0.2) is 24.3 Å². The van der Waals surface area contributed by atoms with Gasteiger partial charge in [0.2, 0.25) is 0 Å². The molecule has 102 valence electrons. The predicted octanol–water partition coefficient (Wildman–Crippen LogP) is 2.63. The molecule has 0 saturated heterocycles. The van der Waals surface area contributed by atoms with Gasteiger partial charge in [0.25, 0.3) is 0 Å². The molecule has 0 N–H and O–H groups in total. The van der Waals surface area contributed by atoms with Crippen LogP contribution in [0.2, 0.25) is 0 Å². The summed E-state index contributed by atoms with van der Waals surface area (Å²) in [6, 6.07) is 7.93. The second-order valence-electron chi connectivity index (χ2n) is 4.22. The number of alkyl halides is 3. The van der Waals surface area contributed by atoms with Gasteiger partial charge < -0.3 is 0 Å². The topological polar surface area (TPSA) is 44.1 Å². The van der Waals surface area contributed by atoms with Gasteiger partial charge >= 0.3 is 6.18 Å². The van der Waals surface area contributed by atoms with Crippen molar-refractivity contribution in [3.8, 4) is 6.07 Å². The molecule has 0 aromatic heterocycles. The molecule has 0 aliphatic carbocycles. The Morgan fingerprint density at radius 2 is 1.89 bits per heavy atom. The molecule has 0 saturated carbocycles. The molecule has 0 amide bonds. The van der Waals surface area contributed by atoms with E-state index in [1.165, 1.54) is 36.2 Å². The van der Waals surface area contributed by atoms with E-state index in [-0.39, 0.29) is 18.9 Å². The summed E-state index contributed by atoms with van der Waals surface area (Å²) in [6.07, 6.45) is -5.16. The zero-order valence-electron chi connectivity index (χ0n) is 10.4. The average molecular weight is 270 g/mol. The Kier molecular flexibility index (Phi) is 5.07. The minimum Gasteiger partial charge on any atom is -0.299 e. The lowest BCUT2D eigenvalue weighted by atomic mass is 10.1. The quantitative estimate of drug-likeness (QED) is 0.772. The molecule has 0 aliphatic rings. The lowest BCUT2D eigenvalue weighted by molar-refractivity contribution is -0.137. The van der Waals surface area contributed by atoms with Gasteiger partial charge in [0.15, 0.2) is 5.78 Å². The number of carbonyl (C=O) groups is 1. The van der Waals surface area contributed by atoms with Crippen LogP contribution in [0.4, 0.5) is 13.2 Å². The molecule has 1 aromatic carbocycles. The maximum Gasteiger partial charge on any atom is 0.390 e. The van der Waals surface area contributed by atoms with Crippen molar-refractivity contribution in [2.75, 3.05) is 20.1 Å². The van der Waals surface area contributed by atoms with Crippen molar-refractivity contribution in [2.24, 2.45) is 0 Å². The Bertz CT molecular complexity index is 474. The molecule has 0 bridgehead atoms. The van der Waals surface area contributed by atoms with E-state index in [1.54, 1.807) is 0 Å². The van der Waals surface area contributed by atoms with Crippen LogP contribution in [0.25, 0.3) is 0 Å². The Balaban J connectivity index is 2.52. The van der Waals surface area contributed by atoms with Crippen molar-refractivity contribution >= 4 is 5.78 Å². The molecular weight excluding hydrogens is 257 g/mol. The highest BCUT2D eigenvalue weighted by Crippen LogP contribution is 2.19. The number of carbonyl (C=O) groups excluding carboxylic acids is 1. The van der Waals surface area contributed by atoms with Gasteiger partial charge in [-0.25, -0.2) is 0 Å². The van der Waals surface area contributed by atoms with Gasteiger partial charge in [-0.3, -0.25) is 9.69 Å². The monoisotopic (exact) mass is 270 g/mol. The Morgan fingerprint density at radius 3 is 2.37 bits per heavy atom. The van der Waals surface area contributed by atoms with E-state index in [9.17, 15) is 18.0 Å². The van der Waals surface area contributed by atoms with Gasteiger partial charge in [-0.1, -0.05) is 12.1 Å². The standard InChI is InChI=1S/C13H13F3N2O/c1-18(7-6-13(14,15)16)9-12(19)11-4-2-10(8-17)3-5-11/h2-5H,6-7,9H2,1H3. The number of rotatable bonds is 5. The van der Waals surface area contributed by atoms with E-state index in [2.05, 4.69) is 0 Å². The number of nitriles is 1. The second kappa shape index (κ2) is 6.34. The lowest BCUT2D eigenvalue weighted by Crippen LogP contribution is -2.29. The van der Waals surface area contributed by atoms with Crippen LogP contribution in [-0.4, -0.2) is 37.0 Å². The number of likely N-dealkylation sites (N-methyl/N-ethyl adjacent to an activating group) is 1. The van der Waals surface area contributed by atoms with E-state index in [1.807, 2.05) is 6.07 Å². The van der Waals surface area contributed by atoms with E-state index < -0.39 is 12.6 Å². The summed E-state index contributed by atoms with van der Waals surface area (Å²) >= 11 is 0. The fourth-order valence-corrected chi connectivity index (χ4v) is 1.46. The summed E-state index contributed by atoms with van der Waals surface area (Å²) in [6.45, 7) is -0.298. The van der Waals surface area contributed by atoms with Crippen molar-refractivity contribution in [2.45, 2.75) is 12.6 Å². The molecule has 1 aromatic rings. The summed E-state index contributed by atoms with van der Waals surface area (Å²) in [5, 5.41) is 8.61. The van der Waals surface area contributed by atoms with Crippen LogP contribution in [0, 0.1) is 11.3 Å². The molecule has 0 radical (unpaired) electrons. The first-order valence-electron chi connectivity index (χ1n) is 5.60. The van der Waals surface area contributed by atoms with Crippen molar-refractivity contribution in [1.82, 2.24) is 4.90 Å². The smallest absolute Gasteiger partial charge is 0.299 e. The third-order valence-corrected chi connectivity index (χ3v) is 2.53. The highest BCUT2D eigenvalue weighted by atomic mass is 19.4. The number of hydrogen-bond acceptors (Lipinski definition) is 3. The summed E-state index contributed by atoms with van der Waals surface area (Å²) in [5.41, 5.74) is 0.819. The highest BCUT2D eigenvalue weighted by Gasteiger charge is 2.27. The Morgan fingerprint density at radius 1 is 1.32 bits per heavy atom. The lowest BCUT2D eigenvalue weighted by Gasteiger charge is -2.16. The highest BCUT2D eigenvalue weighted by molar-refractivity contribution is 5.97. The molecule has 1 rings (SSSR count). The van der Waals surface area contributed by atoms with Crippen molar-refractivity contribution in [3.05, 3.63) is 35.4 Å². The molecular formula is C13H13F3N2O. The van der Waals surface area contributed by atoms with Crippen molar-refractivity contribution < 1.29 is 18.0 Å². The summed E-state index contributed by atoms with van der Waals surface area (Å²) < 4.78 is 36.1. The minimum atomic E-state index is -4.22. The van der Waals surface area contributed by atoms with Crippen LogP contribution in [-0.2, 0) is 0 Å². The first kappa shape index (κ1) is 15.2. The maximum atomic E-state index is 12.0. The third kappa shape index (κ3) is 5.53. The number of benzene rings is 1. The second-order valence-corrected chi connectivity index (χ2v) is 4.22. The predicted molar refractivity (Wildman–Crippen MR) is 63.7 cm³/mol. The molecule has 0 spiro atoms. The SMILES string of the molecule is CN(CCC(F)(F)F)CC(=O)c1ccc(C#N)cc1. The molecule has 0 atom stereocenters. The van der Waals surface area contributed by atoms with Crippen LogP contribution >= 0.6 is 0 Å². The molecule has 0 unspecified atom stereocenters. The fraction of sp³-hybridized carbons (Fsp3) is 0.385. The molecule has 0 heterocycles. The Hall–Kier alpha value is -1.87. The van der Waals surface area contributed by atoms with Crippen LogP contribution in [0.5, 0.6) is 0 Å². The molecule has 6 heteroatoms. The molecule has 0 fully saturated rings. The number of Topliss-reactive ketones (excluding diaryl/α,β-unsaturated/α-hetero) is 1. The van der Waals surface area contributed by atoms with Crippen LogP contribution in [0.3, 0.4) is 0 Å². The van der Waals surface area contributed by atoms with Gasteiger partial charge in [-0.05, 0) is 19.2 Å². The molecule has 3 nitrogen and oxygen atoms in total. The van der Waals surface area contributed by atoms with E-state index in [4.69, 9.17) is 5.26 Å². The van der Waals surface area contributed by atoms with Crippen molar-refractivity contribution in [1.29, 1.82) is 5.26 Å². The van der Waals surface area contributed by atoms with E-state index in [0.29, 0.717) is 11.1 Å². The average Bonchev–Trinajstić information content (AvgIpc) is 2.35. The first-order valence-corrected chi connectivity index (χ1v) is 5.60. The van der Waals surface area contributed by atoms with E-state index >= 15 is 0 Å².